The first-order chi connectivity index (χ1) is 17.1. The second-order valence-electron chi connectivity index (χ2n) is 8.47. The zero-order chi connectivity index (χ0) is 26.5. The van der Waals surface area contributed by atoms with Gasteiger partial charge in [-0.2, -0.15) is 9.97 Å². The number of anilines is 1. The molecule has 0 bridgehead atoms. The highest BCUT2D eigenvalue weighted by molar-refractivity contribution is 6.28. The van der Waals surface area contributed by atoms with Crippen molar-refractivity contribution in [1.29, 1.82) is 0 Å². The first-order valence-electron chi connectivity index (χ1n) is 11.1. The molecule has 36 heavy (non-hydrogen) atoms. The van der Waals surface area contributed by atoms with E-state index >= 15 is 0 Å². The number of ether oxygens (including phenoxy) is 2. The predicted octanol–water partition coefficient (Wildman–Crippen LogP) is 1.67. The number of benzene rings is 1. The van der Waals surface area contributed by atoms with Crippen LogP contribution < -0.4 is 5.73 Å². The maximum atomic E-state index is 12.4. The van der Waals surface area contributed by atoms with Crippen LogP contribution in [0.15, 0.2) is 36.7 Å². The SMILES string of the molecule is C#C[C@@H](O)[C@@H](O[C@@H](CO)CO[C@](Cc1ccccc1)(C(=O)O)C(C)C)n1cnc2c(N)nc(Cl)nc21. The van der Waals surface area contributed by atoms with Crippen LogP contribution in [0.1, 0.15) is 25.6 Å². The quantitative estimate of drug-likeness (QED) is 0.205. The zero-order valence-corrected chi connectivity index (χ0v) is 20.5. The number of nitrogens with zero attached hydrogens (tertiary/aromatic N) is 4. The normalized spacial score (nSPS) is 15.8. The van der Waals surface area contributed by atoms with Gasteiger partial charge in [0, 0.05) is 6.42 Å². The summed E-state index contributed by atoms with van der Waals surface area (Å²) in [6, 6.07) is 9.08. The van der Waals surface area contributed by atoms with E-state index < -0.39 is 42.5 Å². The number of nitrogen functional groups attached to an aromatic ring is 1. The molecule has 11 nitrogen and oxygen atoms in total. The third kappa shape index (κ3) is 5.75. The van der Waals surface area contributed by atoms with E-state index in [1.165, 1.54) is 10.9 Å². The van der Waals surface area contributed by atoms with Crippen LogP contribution in [0.2, 0.25) is 5.28 Å². The van der Waals surface area contributed by atoms with Crippen molar-refractivity contribution in [3.05, 3.63) is 47.5 Å². The van der Waals surface area contributed by atoms with Gasteiger partial charge < -0.3 is 30.5 Å². The topological polar surface area (TPSA) is 166 Å². The number of aromatic nitrogens is 4. The maximum Gasteiger partial charge on any atom is 0.336 e. The number of aliphatic hydroxyl groups excluding tert-OH is 2. The van der Waals surface area contributed by atoms with E-state index in [4.69, 9.17) is 33.2 Å². The summed E-state index contributed by atoms with van der Waals surface area (Å²) >= 11 is 5.93. The Labute approximate surface area is 212 Å². The summed E-state index contributed by atoms with van der Waals surface area (Å²) < 4.78 is 13.2. The minimum Gasteiger partial charge on any atom is -0.479 e. The highest BCUT2D eigenvalue weighted by Crippen LogP contribution is 2.29. The lowest BCUT2D eigenvalue weighted by Gasteiger charge is -2.35. The Balaban J connectivity index is 1.88. The van der Waals surface area contributed by atoms with Crippen molar-refractivity contribution >= 4 is 34.6 Å². The van der Waals surface area contributed by atoms with Crippen LogP contribution in [-0.2, 0) is 20.7 Å². The van der Waals surface area contributed by atoms with Gasteiger partial charge in [-0.3, -0.25) is 4.57 Å². The van der Waals surface area contributed by atoms with Crippen molar-refractivity contribution in [3.63, 3.8) is 0 Å². The minimum absolute atomic E-state index is 0.0174. The van der Waals surface area contributed by atoms with Crippen LogP contribution in [0.5, 0.6) is 0 Å². The van der Waals surface area contributed by atoms with E-state index in [9.17, 15) is 20.1 Å². The molecule has 0 amide bonds. The van der Waals surface area contributed by atoms with Crippen molar-refractivity contribution in [2.75, 3.05) is 18.9 Å². The standard InChI is InChI=1S/C24H28ClN5O6/c1-4-17(32)21(30-13-27-18-19(26)28-23(25)29-20(18)30)36-16(11-31)12-35-24(14(2)3,22(33)34)10-15-8-6-5-7-9-15/h1,5-9,13-14,16-17,21,31-32H,10-12H2,2-3H3,(H,33,34)(H2,26,28,29)/t16-,17+,21+,24-/m0/s1. The van der Waals surface area contributed by atoms with Gasteiger partial charge in [-0.25, -0.2) is 9.78 Å². The summed E-state index contributed by atoms with van der Waals surface area (Å²) in [7, 11) is 0. The number of aliphatic hydroxyl groups is 2. The number of carboxylic acids is 1. The highest BCUT2D eigenvalue weighted by Gasteiger charge is 2.44. The molecular weight excluding hydrogens is 490 g/mol. The van der Waals surface area contributed by atoms with Crippen molar-refractivity contribution < 1.29 is 29.6 Å². The van der Waals surface area contributed by atoms with Gasteiger partial charge in [-0.05, 0) is 23.1 Å². The van der Waals surface area contributed by atoms with Crippen LogP contribution in [0.25, 0.3) is 11.2 Å². The lowest BCUT2D eigenvalue weighted by Crippen LogP contribution is -2.50. The molecule has 1 aromatic carbocycles. The summed E-state index contributed by atoms with van der Waals surface area (Å²) in [6.07, 6.45) is 2.98. The average Bonchev–Trinajstić information content (AvgIpc) is 3.27. The zero-order valence-electron chi connectivity index (χ0n) is 19.8. The molecule has 3 aromatic rings. The lowest BCUT2D eigenvalue weighted by atomic mass is 9.84. The van der Waals surface area contributed by atoms with Crippen molar-refractivity contribution in [2.45, 2.75) is 44.3 Å². The molecule has 3 rings (SSSR count). The molecule has 0 aliphatic rings. The number of halogens is 1. The molecule has 0 unspecified atom stereocenters. The fourth-order valence-corrected chi connectivity index (χ4v) is 3.92. The molecule has 2 aromatic heterocycles. The van der Waals surface area contributed by atoms with Gasteiger partial charge in [-0.1, -0.05) is 50.1 Å². The Morgan fingerprint density at radius 2 is 2.00 bits per heavy atom. The highest BCUT2D eigenvalue weighted by atomic mass is 35.5. The number of fused-ring (bicyclic) bond motifs is 1. The molecular formula is C24H28ClN5O6. The summed E-state index contributed by atoms with van der Waals surface area (Å²) in [4.78, 5) is 24.5. The number of nitrogens with two attached hydrogens (primary N) is 1. The van der Waals surface area contributed by atoms with E-state index in [2.05, 4.69) is 20.9 Å². The number of hydrogen-bond acceptors (Lipinski definition) is 9. The van der Waals surface area contributed by atoms with E-state index in [0.717, 1.165) is 5.56 Å². The lowest BCUT2D eigenvalue weighted by molar-refractivity contribution is -0.190. The number of carboxylic acid groups (broad SMARTS) is 1. The summed E-state index contributed by atoms with van der Waals surface area (Å²) in [6.45, 7) is 2.61. The van der Waals surface area contributed by atoms with Gasteiger partial charge in [0.25, 0.3) is 0 Å². The van der Waals surface area contributed by atoms with E-state index in [1.54, 1.807) is 13.8 Å². The molecule has 0 fully saturated rings. The number of aliphatic carboxylic acids is 1. The molecule has 0 saturated heterocycles. The fourth-order valence-electron chi connectivity index (χ4n) is 3.75. The summed E-state index contributed by atoms with van der Waals surface area (Å²) in [5, 5.41) is 30.5. The first-order valence-corrected chi connectivity index (χ1v) is 11.5. The number of terminal acetylenes is 1. The van der Waals surface area contributed by atoms with Crippen LogP contribution in [-0.4, -0.2) is 71.8 Å². The van der Waals surface area contributed by atoms with E-state index in [0.29, 0.717) is 0 Å². The van der Waals surface area contributed by atoms with Crippen molar-refractivity contribution in [3.8, 4) is 12.3 Å². The molecule has 0 saturated carbocycles. The minimum atomic E-state index is -1.60. The van der Waals surface area contributed by atoms with Crippen LogP contribution in [0, 0.1) is 18.3 Å². The van der Waals surface area contributed by atoms with Crippen LogP contribution in [0.4, 0.5) is 5.82 Å². The molecule has 4 atom stereocenters. The predicted molar refractivity (Wildman–Crippen MR) is 132 cm³/mol. The summed E-state index contributed by atoms with van der Waals surface area (Å²) in [5.74, 6) is 0.612. The molecule has 12 heteroatoms. The number of imidazole rings is 1. The van der Waals surface area contributed by atoms with Crippen LogP contribution in [0.3, 0.4) is 0 Å². The van der Waals surface area contributed by atoms with Gasteiger partial charge in [0.1, 0.15) is 11.6 Å². The Morgan fingerprint density at radius 3 is 2.58 bits per heavy atom. The Hall–Kier alpha value is -3.27. The van der Waals surface area contributed by atoms with Crippen LogP contribution >= 0.6 is 11.6 Å². The van der Waals surface area contributed by atoms with Crippen molar-refractivity contribution in [2.24, 2.45) is 5.92 Å². The third-order valence-electron chi connectivity index (χ3n) is 5.80. The average molecular weight is 518 g/mol. The Morgan fingerprint density at radius 1 is 1.31 bits per heavy atom. The summed E-state index contributed by atoms with van der Waals surface area (Å²) in [5.41, 5.74) is 5.38. The maximum absolute atomic E-state index is 12.4. The first kappa shape index (κ1) is 27.3. The van der Waals surface area contributed by atoms with Gasteiger partial charge in [-0.15, -0.1) is 6.42 Å². The van der Waals surface area contributed by atoms with Gasteiger partial charge in [0.05, 0.1) is 19.5 Å². The fraction of sp³-hybridized carbons (Fsp3) is 0.417. The molecule has 2 heterocycles. The Kier molecular flexibility index (Phi) is 8.84. The number of hydrogen-bond donors (Lipinski definition) is 4. The second kappa shape index (κ2) is 11.6. The molecule has 0 radical (unpaired) electrons. The third-order valence-corrected chi connectivity index (χ3v) is 5.97. The van der Waals surface area contributed by atoms with Crippen molar-refractivity contribution in [1.82, 2.24) is 19.5 Å². The van der Waals surface area contributed by atoms with E-state index in [1.807, 2.05) is 30.3 Å². The largest absolute Gasteiger partial charge is 0.479 e. The number of rotatable bonds is 12. The number of carbonyl (C=O) groups is 1. The van der Waals surface area contributed by atoms with Gasteiger partial charge >= 0.3 is 5.97 Å². The second-order valence-corrected chi connectivity index (χ2v) is 8.81. The van der Waals surface area contributed by atoms with E-state index in [-0.39, 0.29) is 35.3 Å². The monoisotopic (exact) mass is 517 g/mol. The molecule has 0 spiro atoms. The molecule has 192 valence electrons. The van der Waals surface area contributed by atoms with Gasteiger partial charge in [0.2, 0.25) is 5.28 Å². The Bertz CT molecular complexity index is 1230. The molecule has 0 aliphatic carbocycles. The van der Waals surface area contributed by atoms with Gasteiger partial charge in [0.15, 0.2) is 29.4 Å². The molecule has 5 N–H and O–H groups in total. The molecule has 0 aliphatic heterocycles. The smallest absolute Gasteiger partial charge is 0.336 e.